The van der Waals surface area contributed by atoms with E-state index in [4.69, 9.17) is 23.2 Å². The predicted octanol–water partition coefficient (Wildman–Crippen LogP) is 4.58. The molecule has 154 valence electrons. The van der Waals surface area contributed by atoms with E-state index < -0.39 is 5.91 Å². The summed E-state index contributed by atoms with van der Waals surface area (Å²) in [4.78, 5) is 40.1. The van der Waals surface area contributed by atoms with Gasteiger partial charge in [-0.25, -0.2) is 5.01 Å². The number of benzene rings is 2. The van der Waals surface area contributed by atoms with Crippen LogP contribution in [0, 0.1) is 23.7 Å². The number of carbonyl (C=O) groups excluding carboxylic acids is 3. The third-order valence-electron chi connectivity index (χ3n) is 6.72. The maximum absolute atomic E-state index is 13.4. The van der Waals surface area contributed by atoms with Crippen LogP contribution < -0.4 is 0 Å². The van der Waals surface area contributed by atoms with Crippen molar-refractivity contribution in [2.75, 3.05) is 0 Å². The molecule has 3 amide bonds. The maximum Gasteiger partial charge on any atom is 0.273 e. The predicted molar refractivity (Wildman–Crippen MR) is 112 cm³/mol. The highest BCUT2D eigenvalue weighted by atomic mass is 35.5. The first-order chi connectivity index (χ1) is 14.4. The summed E-state index contributed by atoms with van der Waals surface area (Å²) < 4.78 is 0. The summed E-state index contributed by atoms with van der Waals surface area (Å²) in [6.07, 6.45) is 2.92. The van der Waals surface area contributed by atoms with Crippen LogP contribution >= 0.6 is 23.2 Å². The molecule has 5 rings (SSSR count). The molecule has 5 nitrogen and oxygen atoms in total. The molecule has 0 radical (unpaired) electrons. The Balaban J connectivity index is 1.51. The molecule has 1 saturated heterocycles. The number of imide groups is 1. The number of nitrogens with zero attached hydrogens (tertiary/aromatic N) is 2. The van der Waals surface area contributed by atoms with E-state index in [2.05, 4.69) is 0 Å². The van der Waals surface area contributed by atoms with Gasteiger partial charge in [-0.1, -0.05) is 35.3 Å². The van der Waals surface area contributed by atoms with E-state index in [9.17, 15) is 14.4 Å². The van der Waals surface area contributed by atoms with E-state index in [0.29, 0.717) is 15.6 Å². The van der Waals surface area contributed by atoms with Gasteiger partial charge in [-0.3, -0.25) is 14.4 Å². The largest absolute Gasteiger partial charge is 0.273 e. The molecular formula is C23H20Cl2N2O3. The molecular weight excluding hydrogens is 423 g/mol. The Morgan fingerprint density at radius 3 is 1.90 bits per heavy atom. The number of fused-ring (bicyclic) bond motifs is 5. The van der Waals surface area contributed by atoms with Crippen LogP contribution in [-0.2, 0) is 16.1 Å². The number of hydrogen-bond acceptors (Lipinski definition) is 3. The van der Waals surface area contributed by atoms with Crippen LogP contribution in [-0.4, -0.2) is 27.7 Å². The van der Waals surface area contributed by atoms with Crippen molar-refractivity contribution in [2.24, 2.45) is 23.7 Å². The SMILES string of the molecule is O=C(c1ccc(Cl)cc1)N(Cc1ccc(Cl)cc1)N1C(=O)[C@@H]2[C@H]3CC[C@@H](C3)[C@@H]2C1=O. The molecule has 3 aliphatic rings. The summed E-state index contributed by atoms with van der Waals surface area (Å²) in [5, 5.41) is 3.49. The van der Waals surface area contributed by atoms with Gasteiger partial charge in [-0.15, -0.1) is 0 Å². The van der Waals surface area contributed by atoms with Crippen molar-refractivity contribution in [3.8, 4) is 0 Å². The normalized spacial score (nSPS) is 26.9. The minimum absolute atomic E-state index is 0.102. The van der Waals surface area contributed by atoms with E-state index in [-0.39, 0.29) is 42.0 Å². The van der Waals surface area contributed by atoms with Crippen molar-refractivity contribution in [1.29, 1.82) is 0 Å². The summed E-state index contributed by atoms with van der Waals surface area (Å²) in [6, 6.07) is 13.5. The Morgan fingerprint density at radius 1 is 0.867 bits per heavy atom. The van der Waals surface area contributed by atoms with Crippen LogP contribution in [0.2, 0.25) is 10.0 Å². The second-order valence-electron chi connectivity index (χ2n) is 8.37. The molecule has 2 aliphatic carbocycles. The molecule has 2 bridgehead atoms. The molecule has 0 aromatic heterocycles. The molecule has 2 saturated carbocycles. The first-order valence-corrected chi connectivity index (χ1v) is 10.9. The van der Waals surface area contributed by atoms with Crippen molar-refractivity contribution in [3.63, 3.8) is 0 Å². The zero-order chi connectivity index (χ0) is 21.0. The van der Waals surface area contributed by atoms with E-state index in [1.54, 1.807) is 48.5 Å². The van der Waals surface area contributed by atoms with Gasteiger partial charge in [0.2, 0.25) is 0 Å². The summed E-state index contributed by atoms with van der Waals surface area (Å²) in [6.45, 7) is 0.102. The fourth-order valence-corrected chi connectivity index (χ4v) is 5.62. The highest BCUT2D eigenvalue weighted by Gasteiger charge is 2.62. The van der Waals surface area contributed by atoms with Crippen molar-refractivity contribution in [2.45, 2.75) is 25.8 Å². The van der Waals surface area contributed by atoms with Gasteiger partial charge in [0.15, 0.2) is 0 Å². The highest BCUT2D eigenvalue weighted by molar-refractivity contribution is 6.30. The van der Waals surface area contributed by atoms with Gasteiger partial charge >= 0.3 is 0 Å². The zero-order valence-electron chi connectivity index (χ0n) is 16.1. The van der Waals surface area contributed by atoms with Crippen LogP contribution in [0.5, 0.6) is 0 Å². The molecule has 0 spiro atoms. The standard InChI is InChI=1S/C23H20Cl2N2O3/c24-17-7-1-13(2-8-17)12-26(21(28)14-5-9-18(25)10-6-14)27-22(29)19-15-3-4-16(11-15)20(19)23(27)30/h1-2,5-10,15-16,19-20H,3-4,11-12H2/t15-,16-,19-,20+/m0/s1. The van der Waals surface area contributed by atoms with E-state index in [1.165, 1.54) is 5.01 Å². The number of hydrazine groups is 1. The van der Waals surface area contributed by atoms with Gasteiger partial charge in [0.25, 0.3) is 17.7 Å². The number of halogens is 2. The molecule has 30 heavy (non-hydrogen) atoms. The number of hydrogen-bond donors (Lipinski definition) is 0. The fraction of sp³-hybridized carbons (Fsp3) is 0.348. The summed E-state index contributed by atoms with van der Waals surface area (Å²) in [5.41, 5.74) is 1.15. The third kappa shape index (κ3) is 3.12. The van der Waals surface area contributed by atoms with Crippen molar-refractivity contribution >= 4 is 40.9 Å². The van der Waals surface area contributed by atoms with Crippen LogP contribution in [0.25, 0.3) is 0 Å². The summed E-state index contributed by atoms with van der Waals surface area (Å²) in [7, 11) is 0. The van der Waals surface area contributed by atoms with Crippen LogP contribution in [0.3, 0.4) is 0 Å². The molecule has 3 fully saturated rings. The zero-order valence-corrected chi connectivity index (χ0v) is 17.6. The minimum Gasteiger partial charge on any atom is -0.272 e. The molecule has 2 aromatic carbocycles. The fourth-order valence-electron chi connectivity index (χ4n) is 5.37. The molecule has 2 aromatic rings. The van der Waals surface area contributed by atoms with Gasteiger partial charge in [-0.05, 0) is 73.1 Å². The Labute approximate surface area is 184 Å². The summed E-state index contributed by atoms with van der Waals surface area (Å²) in [5.74, 6) is -0.963. The number of amides is 3. The number of rotatable bonds is 4. The molecule has 1 heterocycles. The average molecular weight is 443 g/mol. The van der Waals surface area contributed by atoms with Gasteiger partial charge < -0.3 is 0 Å². The lowest BCUT2D eigenvalue weighted by molar-refractivity contribution is -0.156. The van der Waals surface area contributed by atoms with E-state index >= 15 is 0 Å². The van der Waals surface area contributed by atoms with E-state index in [0.717, 1.165) is 29.8 Å². The van der Waals surface area contributed by atoms with Crippen LogP contribution in [0.4, 0.5) is 0 Å². The van der Waals surface area contributed by atoms with E-state index in [1.807, 2.05) is 0 Å². The molecule has 1 aliphatic heterocycles. The maximum atomic E-state index is 13.4. The highest BCUT2D eigenvalue weighted by Crippen LogP contribution is 2.56. The van der Waals surface area contributed by atoms with Crippen molar-refractivity contribution in [1.82, 2.24) is 10.0 Å². The number of carbonyl (C=O) groups is 3. The molecule has 0 unspecified atom stereocenters. The van der Waals surface area contributed by atoms with Gasteiger partial charge in [-0.2, -0.15) is 5.01 Å². The van der Waals surface area contributed by atoms with Crippen molar-refractivity contribution < 1.29 is 14.4 Å². The first kappa shape index (κ1) is 19.6. The first-order valence-electron chi connectivity index (χ1n) is 10.1. The second kappa shape index (κ2) is 7.40. The van der Waals surface area contributed by atoms with Gasteiger partial charge in [0, 0.05) is 15.6 Å². The second-order valence-corrected chi connectivity index (χ2v) is 9.24. The average Bonchev–Trinajstić information content (AvgIpc) is 3.42. The topological polar surface area (TPSA) is 57.7 Å². The van der Waals surface area contributed by atoms with Gasteiger partial charge in [0.05, 0.1) is 18.4 Å². The lowest BCUT2D eigenvalue weighted by atomic mass is 9.81. The smallest absolute Gasteiger partial charge is 0.272 e. The Hall–Kier alpha value is -2.37. The molecule has 0 N–H and O–H groups in total. The Kier molecular flexibility index (Phi) is 4.83. The van der Waals surface area contributed by atoms with Crippen LogP contribution in [0.15, 0.2) is 48.5 Å². The lowest BCUT2D eigenvalue weighted by Crippen LogP contribution is -2.50. The molecule has 7 heteroatoms. The van der Waals surface area contributed by atoms with Gasteiger partial charge in [0.1, 0.15) is 0 Å². The monoisotopic (exact) mass is 442 g/mol. The quantitative estimate of drug-likeness (QED) is 0.650. The summed E-state index contributed by atoms with van der Waals surface area (Å²) >= 11 is 11.9. The van der Waals surface area contributed by atoms with Crippen LogP contribution in [0.1, 0.15) is 35.2 Å². The Bertz CT molecular complexity index is 994. The minimum atomic E-state index is -0.407. The molecule has 4 atom stereocenters. The van der Waals surface area contributed by atoms with Crippen molar-refractivity contribution in [3.05, 3.63) is 69.7 Å². The third-order valence-corrected chi connectivity index (χ3v) is 7.22. The lowest BCUT2D eigenvalue weighted by Gasteiger charge is -2.31. The Morgan fingerprint density at radius 2 is 1.37 bits per heavy atom.